The lowest BCUT2D eigenvalue weighted by Gasteiger charge is -2.17. The highest BCUT2D eigenvalue weighted by Crippen LogP contribution is 2.27. The zero-order valence-corrected chi connectivity index (χ0v) is 9.30. The molecule has 0 aromatic carbocycles. The summed E-state index contributed by atoms with van der Waals surface area (Å²) in [6.45, 7) is 2.97. The van der Waals surface area contributed by atoms with Crippen LogP contribution in [0.15, 0.2) is 18.3 Å². The summed E-state index contributed by atoms with van der Waals surface area (Å²) in [5, 5.41) is 2.37. The monoisotopic (exact) mass is 247 g/mol. The zero-order valence-electron chi connectivity index (χ0n) is 9.30. The number of carbonyl (C=O) groups excluding carboxylic acids is 1. The molecule has 0 unspecified atom stereocenters. The minimum Gasteiger partial charge on any atom is -0.323 e. The quantitative estimate of drug-likeness (QED) is 0.837. The molecule has 0 aliphatic heterocycles. The van der Waals surface area contributed by atoms with Crippen LogP contribution in [0.3, 0.4) is 0 Å². The number of anilines is 1. The fraction of sp³-hybridized carbons (Fsp3) is 0.400. The Kier molecular flexibility index (Phi) is 3.42. The van der Waals surface area contributed by atoms with Crippen LogP contribution in [-0.2, 0) is 11.0 Å². The van der Waals surface area contributed by atoms with Crippen molar-refractivity contribution in [2.45, 2.75) is 25.6 Å². The van der Waals surface area contributed by atoms with Gasteiger partial charge in [-0.1, -0.05) is 0 Å². The van der Waals surface area contributed by atoms with Crippen LogP contribution in [0, 0.1) is 0 Å². The molecular formula is C10H12F3N3O. The van der Waals surface area contributed by atoms with Gasteiger partial charge in [-0.05, 0) is 26.0 Å². The molecule has 1 aromatic rings. The molecular weight excluding hydrogens is 235 g/mol. The Labute approximate surface area is 96.0 Å². The van der Waals surface area contributed by atoms with Gasteiger partial charge >= 0.3 is 6.18 Å². The second kappa shape index (κ2) is 4.33. The second-order valence-corrected chi connectivity index (χ2v) is 4.11. The van der Waals surface area contributed by atoms with E-state index in [1.807, 2.05) is 0 Å². The number of nitrogens with one attached hydrogen (secondary N) is 1. The van der Waals surface area contributed by atoms with Crippen molar-refractivity contribution < 1.29 is 18.0 Å². The maximum Gasteiger partial charge on any atom is 0.433 e. The molecule has 94 valence electrons. The van der Waals surface area contributed by atoms with Crippen molar-refractivity contribution in [2.24, 2.45) is 5.73 Å². The van der Waals surface area contributed by atoms with Gasteiger partial charge in [0.1, 0.15) is 5.69 Å². The zero-order chi connectivity index (χ0) is 13.3. The molecule has 0 saturated carbocycles. The van der Waals surface area contributed by atoms with Gasteiger partial charge in [-0.3, -0.25) is 4.79 Å². The van der Waals surface area contributed by atoms with Crippen LogP contribution >= 0.6 is 0 Å². The number of halogens is 3. The fourth-order valence-corrected chi connectivity index (χ4v) is 0.928. The van der Waals surface area contributed by atoms with Gasteiger partial charge in [-0.2, -0.15) is 13.2 Å². The summed E-state index contributed by atoms with van der Waals surface area (Å²) in [5.74, 6) is -0.501. The van der Waals surface area contributed by atoms with E-state index in [4.69, 9.17) is 5.73 Å². The first-order valence-electron chi connectivity index (χ1n) is 4.74. The summed E-state index contributed by atoms with van der Waals surface area (Å²) in [5.41, 5.74) is 3.56. The number of pyridine rings is 1. The van der Waals surface area contributed by atoms with Crippen LogP contribution in [0.2, 0.25) is 0 Å². The molecule has 7 heteroatoms. The predicted molar refractivity (Wildman–Crippen MR) is 56.1 cm³/mol. The molecule has 0 spiro atoms. The highest BCUT2D eigenvalue weighted by Gasteiger charge is 2.32. The van der Waals surface area contributed by atoms with Crippen LogP contribution in [0.4, 0.5) is 18.9 Å². The Morgan fingerprint density at radius 3 is 2.29 bits per heavy atom. The number of hydrogen-bond donors (Lipinski definition) is 2. The molecule has 0 aliphatic rings. The lowest BCUT2D eigenvalue weighted by Crippen LogP contribution is -2.45. The largest absolute Gasteiger partial charge is 0.433 e. The van der Waals surface area contributed by atoms with Crippen LogP contribution in [0.5, 0.6) is 0 Å². The van der Waals surface area contributed by atoms with Crippen LogP contribution < -0.4 is 11.1 Å². The van der Waals surface area contributed by atoms with Crippen molar-refractivity contribution in [1.29, 1.82) is 0 Å². The van der Waals surface area contributed by atoms with Gasteiger partial charge in [0.25, 0.3) is 0 Å². The highest BCUT2D eigenvalue weighted by atomic mass is 19.4. The number of alkyl halides is 3. The molecule has 1 heterocycles. The maximum atomic E-state index is 12.2. The summed E-state index contributed by atoms with van der Waals surface area (Å²) in [6, 6.07) is 1.92. The van der Waals surface area contributed by atoms with E-state index in [2.05, 4.69) is 10.3 Å². The van der Waals surface area contributed by atoms with E-state index >= 15 is 0 Å². The minimum absolute atomic E-state index is 0.168. The van der Waals surface area contributed by atoms with Gasteiger partial charge in [0.2, 0.25) is 5.91 Å². The van der Waals surface area contributed by atoms with E-state index in [1.54, 1.807) is 0 Å². The smallest absolute Gasteiger partial charge is 0.323 e. The van der Waals surface area contributed by atoms with Crippen molar-refractivity contribution in [3.8, 4) is 0 Å². The lowest BCUT2D eigenvalue weighted by atomic mass is 10.1. The first-order valence-corrected chi connectivity index (χ1v) is 4.74. The molecule has 1 amide bonds. The van der Waals surface area contributed by atoms with Gasteiger partial charge in [0, 0.05) is 0 Å². The van der Waals surface area contributed by atoms with Crippen LogP contribution in [-0.4, -0.2) is 16.4 Å². The Balaban J connectivity index is 2.80. The van der Waals surface area contributed by atoms with Crippen LogP contribution in [0.25, 0.3) is 0 Å². The van der Waals surface area contributed by atoms with Gasteiger partial charge in [-0.25, -0.2) is 4.98 Å². The van der Waals surface area contributed by atoms with E-state index in [9.17, 15) is 18.0 Å². The number of nitrogens with zero attached hydrogens (tertiary/aromatic N) is 1. The third-order valence-corrected chi connectivity index (χ3v) is 1.90. The molecule has 0 radical (unpaired) electrons. The standard InChI is InChI=1S/C10H12F3N3O/c1-9(2,14)8(17)16-6-3-4-7(15-5-6)10(11,12)13/h3-5H,14H2,1-2H3,(H,16,17). The number of rotatable bonds is 2. The molecule has 0 saturated heterocycles. The van der Waals surface area contributed by atoms with Crippen molar-refractivity contribution in [2.75, 3.05) is 5.32 Å². The van der Waals surface area contributed by atoms with Crippen molar-refractivity contribution >= 4 is 11.6 Å². The first kappa shape index (κ1) is 13.4. The molecule has 1 rings (SSSR count). The number of hydrogen-bond acceptors (Lipinski definition) is 3. The lowest BCUT2D eigenvalue weighted by molar-refractivity contribution is -0.141. The normalized spacial score (nSPS) is 12.4. The van der Waals surface area contributed by atoms with Gasteiger partial charge in [0.05, 0.1) is 17.4 Å². The molecule has 3 N–H and O–H groups in total. The topological polar surface area (TPSA) is 68.0 Å². The summed E-state index contributed by atoms with van der Waals surface area (Å²) in [7, 11) is 0. The summed E-state index contributed by atoms with van der Waals surface area (Å²) >= 11 is 0. The maximum absolute atomic E-state index is 12.2. The van der Waals surface area contributed by atoms with E-state index in [0.717, 1.165) is 18.3 Å². The SMILES string of the molecule is CC(C)(N)C(=O)Nc1ccc(C(F)(F)F)nc1. The first-order chi connectivity index (χ1) is 7.60. The molecule has 17 heavy (non-hydrogen) atoms. The summed E-state index contributed by atoms with van der Waals surface area (Å²) in [4.78, 5) is 14.6. The number of amides is 1. The Hall–Kier alpha value is -1.63. The molecule has 0 atom stereocenters. The Morgan fingerprint density at radius 2 is 1.94 bits per heavy atom. The van der Waals surface area contributed by atoms with Gasteiger partial charge in [-0.15, -0.1) is 0 Å². The Morgan fingerprint density at radius 1 is 1.35 bits per heavy atom. The molecule has 0 aliphatic carbocycles. The molecule has 0 bridgehead atoms. The third kappa shape index (κ3) is 3.70. The number of nitrogens with two attached hydrogens (primary N) is 1. The van der Waals surface area contributed by atoms with E-state index in [1.165, 1.54) is 13.8 Å². The fourth-order valence-electron chi connectivity index (χ4n) is 0.928. The predicted octanol–water partition coefficient (Wildman–Crippen LogP) is 1.78. The summed E-state index contributed by atoms with van der Waals surface area (Å²) < 4.78 is 36.6. The van der Waals surface area contributed by atoms with Crippen molar-refractivity contribution in [3.63, 3.8) is 0 Å². The van der Waals surface area contributed by atoms with E-state index in [-0.39, 0.29) is 5.69 Å². The van der Waals surface area contributed by atoms with E-state index in [0.29, 0.717) is 0 Å². The number of aromatic nitrogens is 1. The average molecular weight is 247 g/mol. The third-order valence-electron chi connectivity index (χ3n) is 1.90. The molecule has 0 fully saturated rings. The molecule has 4 nitrogen and oxygen atoms in total. The second-order valence-electron chi connectivity index (χ2n) is 4.11. The Bertz CT molecular complexity index is 406. The van der Waals surface area contributed by atoms with Crippen molar-refractivity contribution in [3.05, 3.63) is 24.0 Å². The molecule has 1 aromatic heterocycles. The van der Waals surface area contributed by atoms with Gasteiger partial charge < -0.3 is 11.1 Å². The summed E-state index contributed by atoms with van der Waals surface area (Å²) in [6.07, 6.45) is -3.55. The van der Waals surface area contributed by atoms with Crippen LogP contribution in [0.1, 0.15) is 19.5 Å². The van der Waals surface area contributed by atoms with Gasteiger partial charge in [0.15, 0.2) is 0 Å². The van der Waals surface area contributed by atoms with Crippen molar-refractivity contribution in [1.82, 2.24) is 4.98 Å². The van der Waals surface area contributed by atoms with E-state index < -0.39 is 23.3 Å². The average Bonchev–Trinajstić information content (AvgIpc) is 2.15. The highest BCUT2D eigenvalue weighted by molar-refractivity contribution is 5.97. The number of carbonyl (C=O) groups is 1. The minimum atomic E-state index is -4.49.